The third-order valence-corrected chi connectivity index (χ3v) is 14.3. The molecule has 1 rings (SSSR count). The van der Waals surface area contributed by atoms with Crippen LogP contribution in [0.15, 0.2) is 12.4 Å². The Kier molecular flexibility index (Phi) is 43.1. The van der Waals surface area contributed by atoms with E-state index in [0.29, 0.717) is 43.9 Å². The molecule has 1 aromatic rings. The number of aryl methyl sites for hydroxylation is 1. The van der Waals surface area contributed by atoms with Crippen molar-refractivity contribution in [2.75, 3.05) is 26.3 Å². The summed E-state index contributed by atoms with van der Waals surface area (Å²) >= 11 is 0. The Balaban J connectivity index is 2.60. The molecule has 0 aliphatic heterocycles. The Morgan fingerprint density at radius 3 is 1.28 bits per heavy atom. The van der Waals surface area contributed by atoms with E-state index in [9.17, 15) is 9.59 Å². The molecular formula is C58H111N3O4. The van der Waals surface area contributed by atoms with Crippen LogP contribution in [0.25, 0.3) is 0 Å². The highest BCUT2D eigenvalue weighted by molar-refractivity contribution is 5.69. The third-order valence-electron chi connectivity index (χ3n) is 14.3. The van der Waals surface area contributed by atoms with E-state index in [0.717, 1.165) is 44.6 Å². The molecule has 7 nitrogen and oxygen atoms in total. The molecule has 2 unspecified atom stereocenters. The predicted octanol–water partition coefficient (Wildman–Crippen LogP) is 17.5. The first-order valence-corrected chi connectivity index (χ1v) is 28.9. The molecular weight excluding hydrogens is 803 g/mol. The minimum absolute atomic E-state index is 0.0180. The van der Waals surface area contributed by atoms with E-state index < -0.39 is 0 Å². The lowest BCUT2D eigenvalue weighted by Crippen LogP contribution is -2.38. The average molecular weight is 915 g/mol. The summed E-state index contributed by atoms with van der Waals surface area (Å²) in [6.45, 7) is 18.0. The SMILES string of the molecule is CCCCCCCCCN(CCn1ccnc1C)C(CCCCCCCCC(=O)OCC(CCCC)CCCCCC)CCCCCCCCC(=O)OCC(CCCC)CCCCCC. The zero-order valence-electron chi connectivity index (χ0n) is 44.5. The molecule has 1 heterocycles. The molecule has 0 fully saturated rings. The van der Waals surface area contributed by atoms with Gasteiger partial charge < -0.3 is 14.0 Å². The van der Waals surface area contributed by atoms with Crippen molar-refractivity contribution in [3.8, 4) is 0 Å². The highest BCUT2D eigenvalue weighted by atomic mass is 16.5. The minimum Gasteiger partial charge on any atom is -0.465 e. The van der Waals surface area contributed by atoms with Gasteiger partial charge in [-0.3, -0.25) is 14.5 Å². The second-order valence-corrected chi connectivity index (χ2v) is 20.4. The molecule has 0 saturated heterocycles. The first-order chi connectivity index (χ1) is 31.9. The summed E-state index contributed by atoms with van der Waals surface area (Å²) < 4.78 is 13.9. The third kappa shape index (κ3) is 36.8. The fraction of sp³-hybridized carbons (Fsp3) is 0.914. The number of carbonyl (C=O) groups is 2. The summed E-state index contributed by atoms with van der Waals surface area (Å²) in [7, 11) is 0. The number of esters is 2. The standard InChI is InChI=1S/C58H111N3O4/c1-7-12-17-20-25-30-37-47-61(50-49-60-48-46-59-53(60)6)56(42-33-26-21-23-28-35-44-57(62)64-51-54(38-15-10-4)40-31-18-13-8-2)43-34-27-22-24-29-36-45-58(63)65-52-55(39-16-11-5)41-32-19-14-9-3/h46,48,54-56H,7-45,47,49-52H2,1-6H3. The summed E-state index contributed by atoms with van der Waals surface area (Å²) in [6, 6.07) is 0.629. The van der Waals surface area contributed by atoms with Gasteiger partial charge >= 0.3 is 11.9 Å². The molecule has 0 aliphatic rings. The lowest BCUT2D eigenvalue weighted by Gasteiger charge is -2.32. The number of nitrogens with zero attached hydrogens (tertiary/aromatic N) is 3. The van der Waals surface area contributed by atoms with Crippen LogP contribution in [0.5, 0.6) is 0 Å². The molecule has 0 bridgehead atoms. The maximum absolute atomic E-state index is 12.6. The van der Waals surface area contributed by atoms with Crippen molar-refractivity contribution < 1.29 is 19.1 Å². The molecule has 0 amide bonds. The van der Waals surface area contributed by atoms with Crippen LogP contribution in [0.4, 0.5) is 0 Å². The van der Waals surface area contributed by atoms with Crippen molar-refractivity contribution in [2.24, 2.45) is 11.8 Å². The van der Waals surface area contributed by atoms with E-state index in [2.05, 4.69) is 62.2 Å². The quantitative estimate of drug-likeness (QED) is 0.0479. The zero-order chi connectivity index (χ0) is 47.3. The van der Waals surface area contributed by atoms with Gasteiger partial charge in [0.05, 0.1) is 13.2 Å². The largest absolute Gasteiger partial charge is 0.465 e. The van der Waals surface area contributed by atoms with Crippen molar-refractivity contribution in [2.45, 2.75) is 305 Å². The van der Waals surface area contributed by atoms with E-state index in [1.165, 1.54) is 218 Å². The Morgan fingerprint density at radius 1 is 0.477 bits per heavy atom. The molecule has 2 atom stereocenters. The second kappa shape index (κ2) is 45.9. The van der Waals surface area contributed by atoms with Crippen LogP contribution in [0.1, 0.15) is 291 Å². The molecule has 1 aromatic heterocycles. The van der Waals surface area contributed by atoms with E-state index in [4.69, 9.17) is 9.47 Å². The Labute approximate surface area is 404 Å². The average Bonchev–Trinajstić information content (AvgIpc) is 3.73. The van der Waals surface area contributed by atoms with Crippen LogP contribution < -0.4 is 0 Å². The van der Waals surface area contributed by atoms with Crippen LogP contribution in [0, 0.1) is 18.8 Å². The number of hydrogen-bond donors (Lipinski definition) is 0. The van der Waals surface area contributed by atoms with Gasteiger partial charge in [-0.25, -0.2) is 4.98 Å². The number of unbranched alkanes of at least 4 members (excludes halogenated alkanes) is 24. The molecule has 0 aliphatic carbocycles. The summed E-state index contributed by atoms with van der Waals surface area (Å²) in [5.74, 6) is 2.23. The van der Waals surface area contributed by atoms with Crippen molar-refractivity contribution in [1.29, 1.82) is 0 Å². The Bertz CT molecular complexity index is 1120. The van der Waals surface area contributed by atoms with E-state index >= 15 is 0 Å². The summed E-state index contributed by atoms with van der Waals surface area (Å²) in [5, 5.41) is 0. The van der Waals surface area contributed by atoms with Gasteiger partial charge in [0, 0.05) is 44.4 Å². The van der Waals surface area contributed by atoms with Crippen molar-refractivity contribution >= 4 is 11.9 Å². The number of carbonyl (C=O) groups excluding carboxylic acids is 2. The topological polar surface area (TPSA) is 73.7 Å². The van der Waals surface area contributed by atoms with E-state index in [1.807, 2.05) is 6.20 Å². The summed E-state index contributed by atoms with van der Waals surface area (Å²) in [4.78, 5) is 32.6. The molecule has 0 radical (unpaired) electrons. The fourth-order valence-electron chi connectivity index (χ4n) is 9.74. The highest BCUT2D eigenvalue weighted by Crippen LogP contribution is 2.23. The van der Waals surface area contributed by atoms with Crippen LogP contribution in [-0.2, 0) is 25.6 Å². The smallest absolute Gasteiger partial charge is 0.305 e. The molecule has 65 heavy (non-hydrogen) atoms. The van der Waals surface area contributed by atoms with Gasteiger partial charge in [0.15, 0.2) is 0 Å². The van der Waals surface area contributed by atoms with Gasteiger partial charge in [-0.2, -0.15) is 0 Å². The van der Waals surface area contributed by atoms with Gasteiger partial charge in [-0.15, -0.1) is 0 Å². The second-order valence-electron chi connectivity index (χ2n) is 20.4. The molecule has 7 heteroatoms. The lowest BCUT2D eigenvalue weighted by atomic mass is 9.96. The monoisotopic (exact) mass is 914 g/mol. The van der Waals surface area contributed by atoms with Crippen LogP contribution in [0.2, 0.25) is 0 Å². The van der Waals surface area contributed by atoms with Crippen molar-refractivity contribution in [1.82, 2.24) is 14.5 Å². The van der Waals surface area contributed by atoms with E-state index in [1.54, 1.807) is 0 Å². The minimum atomic E-state index is 0.0180. The fourth-order valence-corrected chi connectivity index (χ4v) is 9.74. The molecule has 0 aromatic carbocycles. The zero-order valence-corrected chi connectivity index (χ0v) is 44.5. The number of imidazole rings is 1. The number of rotatable bonds is 50. The Hall–Kier alpha value is -1.89. The van der Waals surface area contributed by atoms with E-state index in [-0.39, 0.29) is 11.9 Å². The molecule has 382 valence electrons. The van der Waals surface area contributed by atoms with Crippen LogP contribution in [0.3, 0.4) is 0 Å². The van der Waals surface area contributed by atoms with Crippen LogP contribution in [-0.4, -0.2) is 58.7 Å². The van der Waals surface area contributed by atoms with Gasteiger partial charge in [0.1, 0.15) is 5.82 Å². The summed E-state index contributed by atoms with van der Waals surface area (Å²) in [5.41, 5.74) is 0. The molecule has 0 saturated carbocycles. The normalized spacial score (nSPS) is 13.1. The summed E-state index contributed by atoms with van der Waals surface area (Å²) in [6.07, 6.45) is 51.5. The first kappa shape index (κ1) is 61.1. The van der Waals surface area contributed by atoms with Gasteiger partial charge in [0.25, 0.3) is 0 Å². The number of hydrogen-bond acceptors (Lipinski definition) is 6. The molecule has 0 spiro atoms. The maximum Gasteiger partial charge on any atom is 0.305 e. The number of ether oxygens (including phenoxy) is 2. The molecule has 0 N–H and O–H groups in total. The maximum atomic E-state index is 12.6. The van der Waals surface area contributed by atoms with Crippen LogP contribution >= 0.6 is 0 Å². The predicted molar refractivity (Wildman–Crippen MR) is 280 cm³/mol. The first-order valence-electron chi connectivity index (χ1n) is 28.9. The highest BCUT2D eigenvalue weighted by Gasteiger charge is 2.19. The lowest BCUT2D eigenvalue weighted by molar-refractivity contribution is -0.146. The van der Waals surface area contributed by atoms with Gasteiger partial charge in [0.2, 0.25) is 0 Å². The van der Waals surface area contributed by atoms with Crippen molar-refractivity contribution in [3.05, 3.63) is 18.2 Å². The van der Waals surface area contributed by atoms with Gasteiger partial charge in [-0.1, -0.05) is 214 Å². The number of aromatic nitrogens is 2. The van der Waals surface area contributed by atoms with Gasteiger partial charge in [-0.05, 0) is 83.1 Å². The Morgan fingerprint density at radius 2 is 0.846 bits per heavy atom. The van der Waals surface area contributed by atoms with Crippen molar-refractivity contribution in [3.63, 3.8) is 0 Å².